The minimum absolute atomic E-state index is 0.0386. The molecule has 0 saturated carbocycles. The van der Waals surface area contributed by atoms with Crippen LogP contribution in [-0.2, 0) is 14.8 Å². The molecule has 0 heterocycles. The zero-order valence-corrected chi connectivity index (χ0v) is 17.2. The molecule has 0 spiro atoms. The van der Waals surface area contributed by atoms with E-state index in [2.05, 4.69) is 5.32 Å². The molecule has 0 fully saturated rings. The number of sulfonamides is 1. The van der Waals surface area contributed by atoms with E-state index in [1.165, 1.54) is 47.6 Å². The van der Waals surface area contributed by atoms with Gasteiger partial charge in [-0.25, -0.2) is 8.42 Å². The second-order valence-electron chi connectivity index (χ2n) is 6.72. The highest BCUT2D eigenvalue weighted by Gasteiger charge is 2.24. The number of amides is 2. The summed E-state index contributed by atoms with van der Waals surface area (Å²) in [7, 11) is -0.711. The lowest BCUT2D eigenvalue weighted by molar-refractivity contribution is -0.116. The van der Waals surface area contributed by atoms with Crippen molar-refractivity contribution < 1.29 is 18.0 Å². The van der Waals surface area contributed by atoms with Crippen molar-refractivity contribution >= 4 is 27.5 Å². The van der Waals surface area contributed by atoms with Crippen LogP contribution in [0, 0.1) is 0 Å². The summed E-state index contributed by atoms with van der Waals surface area (Å²) in [5.74, 6) is -0.780. The Balaban J connectivity index is 2.12. The number of hydrogen-bond donors (Lipinski definition) is 1. The zero-order chi connectivity index (χ0) is 20.9. The van der Waals surface area contributed by atoms with Crippen LogP contribution in [0.4, 0.5) is 5.69 Å². The van der Waals surface area contributed by atoms with Gasteiger partial charge in [0.2, 0.25) is 15.9 Å². The van der Waals surface area contributed by atoms with Gasteiger partial charge in [-0.15, -0.1) is 0 Å². The highest BCUT2D eigenvalue weighted by atomic mass is 32.2. The van der Waals surface area contributed by atoms with Gasteiger partial charge in [-0.05, 0) is 44.2 Å². The molecule has 0 atom stereocenters. The molecule has 7 nitrogen and oxygen atoms in total. The number of likely N-dealkylation sites (N-methyl/N-ethyl adjacent to an activating group) is 1. The van der Waals surface area contributed by atoms with E-state index in [9.17, 15) is 18.0 Å². The van der Waals surface area contributed by atoms with Gasteiger partial charge in [-0.3, -0.25) is 9.59 Å². The first kappa shape index (κ1) is 21.6. The number of anilines is 1. The second-order valence-corrected chi connectivity index (χ2v) is 8.72. The summed E-state index contributed by atoms with van der Waals surface area (Å²) in [6, 6.07) is 14.6. The normalized spacial score (nSPS) is 11.5. The minimum Gasteiger partial charge on any atom is -0.332 e. The van der Waals surface area contributed by atoms with Crippen LogP contribution >= 0.6 is 0 Å². The molecule has 0 unspecified atom stereocenters. The van der Waals surface area contributed by atoms with Crippen LogP contribution in [0.3, 0.4) is 0 Å². The van der Waals surface area contributed by atoms with Gasteiger partial charge in [0.15, 0.2) is 0 Å². The van der Waals surface area contributed by atoms with Gasteiger partial charge in [0.25, 0.3) is 5.91 Å². The van der Waals surface area contributed by atoms with Crippen LogP contribution in [0.25, 0.3) is 0 Å². The van der Waals surface area contributed by atoms with Crippen molar-refractivity contribution in [3.63, 3.8) is 0 Å². The van der Waals surface area contributed by atoms with E-state index >= 15 is 0 Å². The lowest BCUT2D eigenvalue weighted by Crippen LogP contribution is -2.35. The predicted molar refractivity (Wildman–Crippen MR) is 109 cm³/mol. The Hall–Kier alpha value is -2.71. The molecular formula is C20H25N3O4S. The number of carbonyl (C=O) groups excluding carboxylic acids is 2. The second kappa shape index (κ2) is 8.99. The van der Waals surface area contributed by atoms with Gasteiger partial charge >= 0.3 is 0 Å². The van der Waals surface area contributed by atoms with Crippen molar-refractivity contribution in [2.24, 2.45) is 0 Å². The minimum atomic E-state index is -3.70. The molecule has 0 aliphatic carbocycles. The number of rotatable bonds is 7. The molecule has 0 aromatic heterocycles. The van der Waals surface area contributed by atoms with Crippen molar-refractivity contribution in [2.75, 3.05) is 26.0 Å². The first-order valence-electron chi connectivity index (χ1n) is 8.81. The zero-order valence-electron chi connectivity index (χ0n) is 16.4. The Morgan fingerprint density at radius 3 is 2.25 bits per heavy atom. The summed E-state index contributed by atoms with van der Waals surface area (Å²) >= 11 is 0. The average Bonchev–Trinajstić information content (AvgIpc) is 2.67. The summed E-state index contributed by atoms with van der Waals surface area (Å²) in [5.41, 5.74) is 0.839. The molecule has 0 aliphatic rings. The van der Waals surface area contributed by atoms with Crippen molar-refractivity contribution in [2.45, 2.75) is 24.8 Å². The standard InChI is InChI=1S/C20H25N3O4S/c1-15(2)23(4)28(26,27)18-12-8-9-16(13-18)20(25)22(3)14-19(24)21-17-10-6-5-7-11-17/h5-13,15H,14H2,1-4H3,(H,21,24). The Kier molecular flexibility index (Phi) is 6.93. The molecule has 1 N–H and O–H groups in total. The summed E-state index contributed by atoms with van der Waals surface area (Å²) in [6.45, 7) is 3.38. The third-order valence-electron chi connectivity index (χ3n) is 4.27. The molecule has 0 aliphatic heterocycles. The monoisotopic (exact) mass is 403 g/mol. The number of nitrogens with zero attached hydrogens (tertiary/aromatic N) is 2. The predicted octanol–water partition coefficient (Wildman–Crippen LogP) is 2.43. The number of benzene rings is 2. The van der Waals surface area contributed by atoms with Gasteiger partial charge in [-0.2, -0.15) is 4.31 Å². The molecule has 0 radical (unpaired) electrons. The molecular weight excluding hydrogens is 378 g/mol. The van der Waals surface area contributed by atoms with E-state index in [0.717, 1.165) is 0 Å². The van der Waals surface area contributed by atoms with E-state index in [1.807, 2.05) is 6.07 Å². The maximum absolute atomic E-state index is 12.7. The number of carbonyl (C=O) groups is 2. The molecule has 2 aromatic rings. The van der Waals surface area contributed by atoms with Crippen LogP contribution in [0.1, 0.15) is 24.2 Å². The highest BCUT2D eigenvalue weighted by Crippen LogP contribution is 2.18. The highest BCUT2D eigenvalue weighted by molar-refractivity contribution is 7.89. The molecule has 2 aromatic carbocycles. The SMILES string of the molecule is CC(C)N(C)S(=O)(=O)c1cccc(C(=O)N(C)CC(=O)Nc2ccccc2)c1. The van der Waals surface area contributed by atoms with Crippen LogP contribution in [-0.4, -0.2) is 56.1 Å². The van der Waals surface area contributed by atoms with Crippen molar-refractivity contribution in [1.82, 2.24) is 9.21 Å². The van der Waals surface area contributed by atoms with E-state index in [4.69, 9.17) is 0 Å². The average molecular weight is 404 g/mol. The fourth-order valence-corrected chi connectivity index (χ4v) is 3.88. The van der Waals surface area contributed by atoms with Gasteiger partial charge in [0, 0.05) is 31.4 Å². The van der Waals surface area contributed by atoms with E-state index in [-0.39, 0.29) is 29.0 Å². The summed E-state index contributed by atoms with van der Waals surface area (Å²) in [6.07, 6.45) is 0. The Morgan fingerprint density at radius 1 is 1.00 bits per heavy atom. The maximum atomic E-state index is 12.7. The van der Waals surface area contributed by atoms with Crippen molar-refractivity contribution in [1.29, 1.82) is 0 Å². The first-order valence-corrected chi connectivity index (χ1v) is 10.3. The lowest BCUT2D eigenvalue weighted by atomic mass is 10.2. The summed E-state index contributed by atoms with van der Waals surface area (Å²) in [4.78, 5) is 26.1. The third-order valence-corrected chi connectivity index (χ3v) is 6.30. The smallest absolute Gasteiger partial charge is 0.254 e. The topological polar surface area (TPSA) is 86.8 Å². The Bertz CT molecular complexity index is 943. The molecule has 150 valence electrons. The van der Waals surface area contributed by atoms with Crippen LogP contribution in [0.2, 0.25) is 0 Å². The fourth-order valence-electron chi connectivity index (χ4n) is 2.46. The largest absolute Gasteiger partial charge is 0.332 e. The lowest BCUT2D eigenvalue weighted by Gasteiger charge is -2.22. The van der Waals surface area contributed by atoms with Crippen molar-refractivity contribution in [3.8, 4) is 0 Å². The molecule has 8 heteroatoms. The summed E-state index contributed by atoms with van der Waals surface area (Å²) < 4.78 is 26.5. The van der Waals surface area contributed by atoms with Crippen molar-refractivity contribution in [3.05, 3.63) is 60.2 Å². The van der Waals surface area contributed by atoms with Crippen LogP contribution in [0.5, 0.6) is 0 Å². The van der Waals surface area contributed by atoms with Crippen LogP contribution in [0.15, 0.2) is 59.5 Å². The molecule has 0 bridgehead atoms. The summed E-state index contributed by atoms with van der Waals surface area (Å²) in [5, 5.41) is 2.71. The fraction of sp³-hybridized carbons (Fsp3) is 0.300. The molecule has 2 amide bonds. The molecule has 0 saturated heterocycles. The van der Waals surface area contributed by atoms with Crippen LogP contribution < -0.4 is 5.32 Å². The maximum Gasteiger partial charge on any atom is 0.254 e. The van der Waals surface area contributed by atoms with Gasteiger partial charge in [0.05, 0.1) is 11.4 Å². The number of nitrogens with one attached hydrogen (secondary N) is 1. The molecule has 2 rings (SSSR count). The van der Waals surface area contributed by atoms with Gasteiger partial charge < -0.3 is 10.2 Å². The quantitative estimate of drug-likeness (QED) is 0.769. The molecule has 28 heavy (non-hydrogen) atoms. The number of hydrogen-bond acceptors (Lipinski definition) is 4. The Labute approximate surface area is 166 Å². The van der Waals surface area contributed by atoms with E-state index in [0.29, 0.717) is 5.69 Å². The Morgan fingerprint density at radius 2 is 1.64 bits per heavy atom. The first-order chi connectivity index (χ1) is 13.1. The van der Waals surface area contributed by atoms with Gasteiger partial charge in [0.1, 0.15) is 0 Å². The number of para-hydroxylation sites is 1. The third kappa shape index (κ3) is 5.17. The van der Waals surface area contributed by atoms with E-state index in [1.54, 1.807) is 38.1 Å². The van der Waals surface area contributed by atoms with E-state index < -0.39 is 15.9 Å². The van der Waals surface area contributed by atoms with Gasteiger partial charge in [-0.1, -0.05) is 24.3 Å².